The van der Waals surface area contributed by atoms with Crippen LogP contribution in [-0.2, 0) is 20.9 Å². The number of thiophene rings is 1. The lowest BCUT2D eigenvalue weighted by molar-refractivity contribution is 0.0936. The minimum atomic E-state index is -4.10. The maximum atomic E-state index is 13.6. The largest absolute Gasteiger partial charge is 0.391 e. The lowest BCUT2D eigenvalue weighted by atomic mass is 9.90. The van der Waals surface area contributed by atoms with Crippen LogP contribution in [0.15, 0.2) is 36.8 Å². The quantitative estimate of drug-likeness (QED) is 0.295. The van der Waals surface area contributed by atoms with E-state index in [1.165, 1.54) is 29.4 Å². The molecule has 10 nitrogen and oxygen atoms in total. The van der Waals surface area contributed by atoms with Gasteiger partial charge in [0.2, 0.25) is 5.78 Å². The van der Waals surface area contributed by atoms with Crippen molar-refractivity contribution in [3.63, 3.8) is 0 Å². The number of nitrogens with two attached hydrogens (primary N) is 1. The summed E-state index contributed by atoms with van der Waals surface area (Å²) < 4.78 is 26.9. The van der Waals surface area contributed by atoms with Gasteiger partial charge in [-0.1, -0.05) is 17.7 Å². The molecule has 1 aliphatic carbocycles. The number of nitrogens with zero attached hydrogens (tertiary/aromatic N) is 2. The topological polar surface area (TPSA) is 157 Å². The maximum absolute atomic E-state index is 13.6. The molecule has 0 saturated heterocycles. The second kappa shape index (κ2) is 11.0. The van der Waals surface area contributed by atoms with Crippen LogP contribution in [0.5, 0.6) is 0 Å². The predicted octanol–water partition coefficient (Wildman–Crippen LogP) is 2.74. The maximum Gasteiger partial charge on any atom is 0.333 e. The number of carbonyl (C=O) groups excluding carboxylic acids is 1. The molecule has 0 amide bonds. The summed E-state index contributed by atoms with van der Waals surface area (Å²) in [5.74, 6) is -0.340. The highest BCUT2D eigenvalue weighted by atomic mass is 35.5. The third-order valence-electron chi connectivity index (χ3n) is 7.12. The second-order valence-corrected chi connectivity index (χ2v) is 12.5. The van der Waals surface area contributed by atoms with Crippen molar-refractivity contribution in [2.75, 3.05) is 18.5 Å². The van der Waals surface area contributed by atoms with Crippen LogP contribution in [0.4, 0.5) is 5.82 Å². The van der Waals surface area contributed by atoms with E-state index in [1.807, 2.05) is 25.1 Å². The molecule has 2 aromatic heterocycles. The molecule has 38 heavy (non-hydrogen) atoms. The molecule has 0 unspecified atom stereocenters. The summed E-state index contributed by atoms with van der Waals surface area (Å²) in [6, 6.07) is 7.34. The van der Waals surface area contributed by atoms with E-state index in [0.717, 1.165) is 29.0 Å². The predicted molar refractivity (Wildman–Crippen MR) is 145 cm³/mol. The molecule has 2 aliphatic rings. The molecule has 0 bridgehead atoms. The fourth-order valence-corrected chi connectivity index (χ4v) is 6.76. The van der Waals surface area contributed by atoms with Gasteiger partial charge in [-0.3, -0.25) is 8.98 Å². The third-order valence-corrected chi connectivity index (χ3v) is 8.89. The van der Waals surface area contributed by atoms with Crippen molar-refractivity contribution in [2.45, 2.75) is 44.4 Å². The fraction of sp³-hybridized carbons (Fsp3) is 0.400. The van der Waals surface area contributed by atoms with Crippen LogP contribution in [0, 0.1) is 12.8 Å². The number of hydrogen-bond donors (Lipinski definition) is 4. The molecule has 0 radical (unpaired) electrons. The van der Waals surface area contributed by atoms with Crippen LogP contribution in [0.1, 0.15) is 55.7 Å². The first-order chi connectivity index (χ1) is 18.1. The molecule has 3 heterocycles. The van der Waals surface area contributed by atoms with E-state index in [2.05, 4.69) is 30.9 Å². The van der Waals surface area contributed by atoms with E-state index < -0.39 is 28.4 Å². The molecule has 0 spiro atoms. The van der Waals surface area contributed by atoms with Crippen molar-refractivity contribution in [1.29, 1.82) is 0 Å². The first kappa shape index (κ1) is 27.1. The highest BCUT2D eigenvalue weighted by Gasteiger charge is 2.36. The van der Waals surface area contributed by atoms with Gasteiger partial charge >= 0.3 is 10.3 Å². The van der Waals surface area contributed by atoms with Gasteiger partial charge in [0.25, 0.3) is 0 Å². The van der Waals surface area contributed by atoms with E-state index in [9.17, 15) is 18.3 Å². The number of hydrogen-bond acceptors (Lipinski definition) is 10. The fourth-order valence-electron chi connectivity index (χ4n) is 5.20. The Hall–Kier alpha value is -2.45. The molecular formula is C25H28ClN5O5S2. The summed E-state index contributed by atoms with van der Waals surface area (Å²) in [6.45, 7) is 2.61. The minimum Gasteiger partial charge on any atom is -0.391 e. The molecule has 1 aliphatic heterocycles. The van der Waals surface area contributed by atoms with Crippen molar-refractivity contribution >= 4 is 44.8 Å². The smallest absolute Gasteiger partial charge is 0.333 e. The van der Waals surface area contributed by atoms with E-state index in [0.29, 0.717) is 28.6 Å². The zero-order chi connectivity index (χ0) is 27.0. The van der Waals surface area contributed by atoms with Crippen LogP contribution in [0.2, 0.25) is 5.02 Å². The summed E-state index contributed by atoms with van der Waals surface area (Å²) in [4.78, 5) is 23.5. The second-order valence-electron chi connectivity index (χ2n) is 9.57. The molecule has 202 valence electrons. The number of carbonyl (C=O) groups is 1. The van der Waals surface area contributed by atoms with Crippen LogP contribution in [0.25, 0.3) is 0 Å². The van der Waals surface area contributed by atoms with E-state index in [-0.39, 0.29) is 24.0 Å². The number of aliphatic hydroxyl groups is 1. The highest BCUT2D eigenvalue weighted by Crippen LogP contribution is 2.37. The Morgan fingerprint density at radius 1 is 1.32 bits per heavy atom. The molecule has 3 aromatic rings. The van der Waals surface area contributed by atoms with E-state index in [4.69, 9.17) is 16.7 Å². The number of rotatable bonds is 8. The number of aryl methyl sites for hydroxylation is 1. The number of anilines is 1. The number of fused-ring (bicyclic) bond motifs is 1. The van der Waals surface area contributed by atoms with Crippen molar-refractivity contribution in [1.82, 2.24) is 15.3 Å². The number of ketones is 1. The zero-order valence-corrected chi connectivity index (χ0v) is 22.9. The van der Waals surface area contributed by atoms with Crippen molar-refractivity contribution in [3.8, 4) is 0 Å². The number of benzene rings is 1. The van der Waals surface area contributed by atoms with Gasteiger partial charge in [-0.2, -0.15) is 8.42 Å². The molecule has 13 heteroatoms. The standard InChI is InChI=1S/C25H28ClN5O5S2/c1-13-17(22-18-8-16(26)4-2-14(18)6-7-29-22)9-21(37-13)24(33)19-10-28-12-30-25(19)31-20-5-3-15(23(20)32)11-36-38(27,34)35/h2,4,8-10,12,15,20,22-23,29,32H,3,5-7,11H2,1H3,(H2,27,34,35)(H,28,30,31)/t15-,20-,22+,23-/m1/s1. The van der Waals surface area contributed by atoms with Gasteiger partial charge in [-0.05, 0) is 61.1 Å². The van der Waals surface area contributed by atoms with Gasteiger partial charge in [0.05, 0.1) is 35.2 Å². The van der Waals surface area contributed by atoms with E-state index >= 15 is 0 Å². The van der Waals surface area contributed by atoms with Gasteiger partial charge in [0.15, 0.2) is 0 Å². The van der Waals surface area contributed by atoms with Gasteiger partial charge in [-0.15, -0.1) is 11.3 Å². The number of aromatic nitrogens is 2. The number of aliphatic hydroxyl groups excluding tert-OH is 1. The first-order valence-corrected chi connectivity index (χ1v) is 14.9. The molecule has 5 rings (SSSR count). The Balaban J connectivity index is 1.36. The monoisotopic (exact) mass is 577 g/mol. The summed E-state index contributed by atoms with van der Waals surface area (Å²) >= 11 is 7.70. The van der Waals surface area contributed by atoms with Gasteiger partial charge in [0.1, 0.15) is 12.1 Å². The minimum absolute atomic E-state index is 0.0648. The Kier molecular flexibility index (Phi) is 7.83. The summed E-state index contributed by atoms with van der Waals surface area (Å²) in [5.41, 5.74) is 3.67. The summed E-state index contributed by atoms with van der Waals surface area (Å²) in [6.07, 6.45) is 3.86. The molecule has 4 atom stereocenters. The molecule has 1 aromatic carbocycles. The number of nitrogens with one attached hydrogen (secondary N) is 2. The zero-order valence-electron chi connectivity index (χ0n) is 20.6. The Morgan fingerprint density at radius 2 is 2.13 bits per heavy atom. The SMILES string of the molecule is Cc1sc(C(=O)c2cncnc2N[C@@H]2CC[C@H](COS(N)(=O)=O)[C@H]2O)cc1[C@@H]1NCCc2ccc(Cl)cc21. The van der Waals surface area contributed by atoms with Crippen molar-refractivity contribution < 1.29 is 22.5 Å². The molecular weight excluding hydrogens is 550 g/mol. The first-order valence-electron chi connectivity index (χ1n) is 12.2. The molecule has 1 fully saturated rings. The Labute approximate surface area is 229 Å². The van der Waals surface area contributed by atoms with Crippen LogP contribution in [0.3, 0.4) is 0 Å². The molecule has 5 N–H and O–H groups in total. The molecule has 1 saturated carbocycles. The normalized spacial score (nSPS) is 23.3. The average molecular weight is 578 g/mol. The van der Waals surface area contributed by atoms with Gasteiger partial charge in [0, 0.05) is 28.6 Å². The lowest BCUT2D eigenvalue weighted by Gasteiger charge is -2.27. The van der Waals surface area contributed by atoms with Gasteiger partial charge in [-0.25, -0.2) is 15.1 Å². The van der Waals surface area contributed by atoms with Gasteiger partial charge < -0.3 is 15.7 Å². The number of halogens is 1. The van der Waals surface area contributed by atoms with Crippen LogP contribution in [-0.4, -0.2) is 54.6 Å². The van der Waals surface area contributed by atoms with Crippen LogP contribution < -0.4 is 15.8 Å². The third kappa shape index (κ3) is 5.76. The lowest BCUT2D eigenvalue weighted by Crippen LogP contribution is -2.35. The van der Waals surface area contributed by atoms with Crippen LogP contribution >= 0.6 is 22.9 Å². The Bertz CT molecular complexity index is 1460. The van der Waals surface area contributed by atoms with Crippen molar-refractivity contribution in [2.24, 2.45) is 11.1 Å². The summed E-state index contributed by atoms with van der Waals surface area (Å²) in [7, 11) is -4.10. The van der Waals surface area contributed by atoms with E-state index in [1.54, 1.807) is 0 Å². The highest BCUT2D eigenvalue weighted by molar-refractivity contribution is 7.84. The average Bonchev–Trinajstić information content (AvgIpc) is 3.44. The van der Waals surface area contributed by atoms with Crippen molar-refractivity contribution in [3.05, 3.63) is 73.8 Å². The summed E-state index contributed by atoms with van der Waals surface area (Å²) in [5, 5.41) is 23.0. The Morgan fingerprint density at radius 3 is 2.92 bits per heavy atom.